The Bertz CT molecular complexity index is 1080. The van der Waals surface area contributed by atoms with Crippen LogP contribution in [-0.4, -0.2) is 69.5 Å². The minimum absolute atomic E-state index is 0.105. The molecule has 0 radical (unpaired) electrons. The van der Waals surface area contributed by atoms with E-state index in [0.717, 1.165) is 0 Å². The number of anilines is 1. The van der Waals surface area contributed by atoms with Crippen molar-refractivity contribution in [2.75, 3.05) is 51.3 Å². The molecule has 2 heterocycles. The number of amides is 1. The second kappa shape index (κ2) is 8.81. The number of nitrogens with one attached hydrogen (secondary N) is 1. The molecule has 4 rings (SSSR count). The maximum absolute atomic E-state index is 13.6. The van der Waals surface area contributed by atoms with Gasteiger partial charge in [-0.15, -0.1) is 0 Å². The molecule has 2 aliphatic heterocycles. The van der Waals surface area contributed by atoms with Gasteiger partial charge in [-0.05, 0) is 36.8 Å². The van der Waals surface area contributed by atoms with Gasteiger partial charge in [0.15, 0.2) is 11.5 Å². The van der Waals surface area contributed by atoms with Gasteiger partial charge in [0, 0.05) is 37.9 Å². The lowest BCUT2D eigenvalue weighted by molar-refractivity contribution is -0.117. The largest absolute Gasteiger partial charge is 0.486 e. The van der Waals surface area contributed by atoms with Crippen LogP contribution in [0.2, 0.25) is 0 Å². The van der Waals surface area contributed by atoms with Crippen LogP contribution < -0.4 is 14.8 Å². The summed E-state index contributed by atoms with van der Waals surface area (Å²) in [5.41, 5.74) is 0.904. The van der Waals surface area contributed by atoms with E-state index >= 15 is 0 Å². The molecule has 10 heteroatoms. The molecule has 166 valence electrons. The zero-order valence-electron chi connectivity index (χ0n) is 17.1. The first-order chi connectivity index (χ1) is 14.8. The summed E-state index contributed by atoms with van der Waals surface area (Å²) in [4.78, 5) is 14.3. The van der Waals surface area contributed by atoms with Crippen LogP contribution in [0.25, 0.3) is 0 Å². The van der Waals surface area contributed by atoms with Gasteiger partial charge in [-0.3, -0.25) is 9.69 Å². The molecule has 0 spiro atoms. The van der Waals surface area contributed by atoms with Crippen LogP contribution in [0.5, 0.6) is 11.5 Å². The van der Waals surface area contributed by atoms with Gasteiger partial charge in [-0.25, -0.2) is 12.8 Å². The molecule has 8 nitrogen and oxygen atoms in total. The quantitative estimate of drug-likeness (QED) is 0.750. The van der Waals surface area contributed by atoms with Crippen LogP contribution in [-0.2, 0) is 14.8 Å². The van der Waals surface area contributed by atoms with E-state index in [0.29, 0.717) is 49.1 Å². The van der Waals surface area contributed by atoms with Crippen molar-refractivity contribution in [3.05, 3.63) is 47.8 Å². The van der Waals surface area contributed by atoms with Crippen LogP contribution >= 0.6 is 0 Å². The van der Waals surface area contributed by atoms with Crippen LogP contribution in [0.3, 0.4) is 0 Å². The molecule has 1 saturated heterocycles. The monoisotopic (exact) mass is 449 g/mol. The number of carbonyl (C=O) groups excluding carboxylic acids is 1. The molecule has 0 bridgehead atoms. The van der Waals surface area contributed by atoms with Gasteiger partial charge in [0.05, 0.1) is 11.4 Å². The fourth-order valence-corrected chi connectivity index (χ4v) is 4.97. The fraction of sp³-hybridized carbons (Fsp3) is 0.381. The summed E-state index contributed by atoms with van der Waals surface area (Å²) in [5, 5.41) is 2.68. The number of halogens is 1. The Morgan fingerprint density at radius 2 is 1.74 bits per heavy atom. The van der Waals surface area contributed by atoms with Gasteiger partial charge in [0.1, 0.15) is 19.0 Å². The Morgan fingerprint density at radius 1 is 1.03 bits per heavy atom. The molecule has 1 N–H and O–H groups in total. The number of aryl methyl sites for hydroxylation is 1. The van der Waals surface area contributed by atoms with Gasteiger partial charge in [0.2, 0.25) is 15.9 Å². The number of fused-ring (bicyclic) bond motifs is 1. The van der Waals surface area contributed by atoms with Crippen LogP contribution in [0.1, 0.15) is 5.56 Å². The number of piperazine rings is 1. The molecular formula is C21H24FN3O5S. The van der Waals surface area contributed by atoms with E-state index in [1.54, 1.807) is 25.1 Å². The van der Waals surface area contributed by atoms with Crippen molar-refractivity contribution >= 4 is 21.6 Å². The lowest BCUT2D eigenvalue weighted by Gasteiger charge is -2.33. The highest BCUT2D eigenvalue weighted by atomic mass is 32.2. The van der Waals surface area contributed by atoms with Crippen LogP contribution in [0, 0.1) is 12.7 Å². The number of benzene rings is 2. The highest BCUT2D eigenvalue weighted by Crippen LogP contribution is 2.33. The van der Waals surface area contributed by atoms with Crippen molar-refractivity contribution in [1.82, 2.24) is 9.21 Å². The van der Waals surface area contributed by atoms with E-state index in [2.05, 4.69) is 5.32 Å². The molecule has 1 amide bonds. The maximum atomic E-state index is 13.6. The second-order valence-corrected chi connectivity index (χ2v) is 9.44. The summed E-state index contributed by atoms with van der Waals surface area (Å²) < 4.78 is 52.0. The molecular weight excluding hydrogens is 425 g/mol. The van der Waals surface area contributed by atoms with E-state index in [-0.39, 0.29) is 36.3 Å². The third kappa shape index (κ3) is 4.81. The Morgan fingerprint density at radius 3 is 2.45 bits per heavy atom. The molecule has 0 saturated carbocycles. The molecule has 0 aromatic heterocycles. The normalized spacial score (nSPS) is 17.4. The average molecular weight is 450 g/mol. The summed E-state index contributed by atoms with van der Waals surface area (Å²) >= 11 is 0. The first-order valence-electron chi connectivity index (χ1n) is 10.0. The summed E-state index contributed by atoms with van der Waals surface area (Å²) in [5.74, 6) is 0.312. The van der Waals surface area contributed by atoms with Crippen LogP contribution in [0.4, 0.5) is 10.1 Å². The number of sulfonamides is 1. The SMILES string of the molecule is Cc1ccc(NC(=O)CN2CCN(S(=O)(=O)c3ccc4c(c3)OCCO4)CC2)cc1F. The number of hydrogen-bond acceptors (Lipinski definition) is 6. The predicted molar refractivity (Wildman–Crippen MR) is 112 cm³/mol. The average Bonchev–Trinajstić information content (AvgIpc) is 2.76. The fourth-order valence-electron chi connectivity index (χ4n) is 3.54. The lowest BCUT2D eigenvalue weighted by Crippen LogP contribution is -2.50. The van der Waals surface area contributed by atoms with Crippen LogP contribution in [0.15, 0.2) is 41.3 Å². The Hall–Kier alpha value is -2.69. The first kappa shape index (κ1) is 21.5. The standard InChI is InChI=1S/C21H24FN3O5S/c1-15-2-3-16(12-18(15)22)23-21(26)14-24-6-8-25(9-7-24)31(27,28)17-4-5-19-20(13-17)30-11-10-29-19/h2-5,12-13H,6-11,14H2,1H3,(H,23,26). The molecule has 2 aromatic carbocycles. The third-order valence-electron chi connectivity index (χ3n) is 5.31. The molecule has 0 unspecified atom stereocenters. The summed E-state index contributed by atoms with van der Waals surface area (Å²) in [6, 6.07) is 9.15. The van der Waals surface area contributed by atoms with E-state index < -0.39 is 10.0 Å². The van der Waals surface area contributed by atoms with Crippen molar-refractivity contribution in [3.8, 4) is 11.5 Å². The van der Waals surface area contributed by atoms with Gasteiger partial charge < -0.3 is 14.8 Å². The van der Waals surface area contributed by atoms with Crippen molar-refractivity contribution in [3.63, 3.8) is 0 Å². The Kier molecular flexibility index (Phi) is 6.12. The van der Waals surface area contributed by atoms with Gasteiger partial charge >= 0.3 is 0 Å². The minimum Gasteiger partial charge on any atom is -0.486 e. The molecule has 0 atom stereocenters. The highest BCUT2D eigenvalue weighted by molar-refractivity contribution is 7.89. The van der Waals surface area contributed by atoms with Gasteiger partial charge in [-0.1, -0.05) is 6.07 Å². The van der Waals surface area contributed by atoms with Gasteiger partial charge in [-0.2, -0.15) is 4.31 Å². The Labute approximate surface area is 180 Å². The van der Waals surface area contributed by atoms with Crippen molar-refractivity contribution in [1.29, 1.82) is 0 Å². The molecule has 31 heavy (non-hydrogen) atoms. The summed E-state index contributed by atoms with van der Waals surface area (Å²) in [6.07, 6.45) is 0. The van der Waals surface area contributed by atoms with E-state index in [1.165, 1.54) is 22.5 Å². The number of rotatable bonds is 5. The smallest absolute Gasteiger partial charge is 0.243 e. The number of hydrogen-bond donors (Lipinski definition) is 1. The van der Waals surface area contributed by atoms with Crippen molar-refractivity contribution < 1.29 is 27.1 Å². The Balaban J connectivity index is 1.33. The van der Waals surface area contributed by atoms with E-state index in [4.69, 9.17) is 9.47 Å². The zero-order valence-corrected chi connectivity index (χ0v) is 18.0. The number of nitrogens with zero attached hydrogens (tertiary/aromatic N) is 2. The van der Waals surface area contributed by atoms with E-state index in [1.807, 2.05) is 4.90 Å². The maximum Gasteiger partial charge on any atom is 0.243 e. The molecule has 1 fully saturated rings. The van der Waals surface area contributed by atoms with Crippen molar-refractivity contribution in [2.24, 2.45) is 0 Å². The number of ether oxygens (including phenoxy) is 2. The highest BCUT2D eigenvalue weighted by Gasteiger charge is 2.30. The molecule has 2 aliphatic rings. The third-order valence-corrected chi connectivity index (χ3v) is 7.20. The minimum atomic E-state index is -3.68. The first-order valence-corrected chi connectivity index (χ1v) is 11.4. The van der Waals surface area contributed by atoms with E-state index in [9.17, 15) is 17.6 Å². The second-order valence-electron chi connectivity index (χ2n) is 7.50. The topological polar surface area (TPSA) is 88.2 Å². The zero-order chi connectivity index (χ0) is 22.0. The van der Waals surface area contributed by atoms with Gasteiger partial charge in [0.25, 0.3) is 0 Å². The number of carbonyl (C=O) groups is 1. The lowest BCUT2D eigenvalue weighted by atomic mass is 10.2. The van der Waals surface area contributed by atoms with Crippen molar-refractivity contribution in [2.45, 2.75) is 11.8 Å². The molecule has 0 aliphatic carbocycles. The molecule has 2 aromatic rings. The summed E-state index contributed by atoms with van der Waals surface area (Å²) in [7, 11) is -3.68. The summed E-state index contributed by atoms with van der Waals surface area (Å²) in [6.45, 7) is 3.94. The predicted octanol–water partition coefficient (Wildman–Crippen LogP) is 1.85.